The molecule has 7 nitrogen and oxygen atoms in total. The second-order valence-corrected chi connectivity index (χ2v) is 8.33. The number of ether oxygens (including phenoxy) is 2. The summed E-state index contributed by atoms with van der Waals surface area (Å²) in [5.41, 5.74) is 0.333. The van der Waals surface area contributed by atoms with Gasteiger partial charge in [-0.25, -0.2) is 0 Å². The van der Waals surface area contributed by atoms with E-state index in [4.69, 9.17) is 26.2 Å². The van der Waals surface area contributed by atoms with Crippen LogP contribution in [0.1, 0.15) is 29.6 Å². The lowest BCUT2D eigenvalue weighted by Crippen LogP contribution is -2.47. The van der Waals surface area contributed by atoms with E-state index in [1.165, 1.54) is 0 Å². The van der Waals surface area contributed by atoms with Crippen LogP contribution >= 0.6 is 27.5 Å². The minimum absolute atomic E-state index is 0.0176. The average molecular weight is 478 g/mol. The second-order valence-electron chi connectivity index (χ2n) is 7.13. The number of β-amino-alcohol motifs (C(OH)–C–C–N with tert-alkyl or cyclic N) is 1. The number of likely N-dealkylation sites (tertiary alicyclic amines) is 1. The van der Waals surface area contributed by atoms with Crippen molar-refractivity contribution in [3.05, 3.63) is 21.1 Å². The van der Waals surface area contributed by atoms with Crippen LogP contribution in [0.15, 0.2) is 10.5 Å². The molecule has 1 fully saturated rings. The van der Waals surface area contributed by atoms with Crippen LogP contribution in [0.3, 0.4) is 0 Å². The third kappa shape index (κ3) is 5.10. The number of rotatable bonds is 6. The van der Waals surface area contributed by atoms with Gasteiger partial charge in [0.05, 0.1) is 34.4 Å². The zero-order valence-electron chi connectivity index (χ0n) is 15.6. The van der Waals surface area contributed by atoms with Crippen molar-refractivity contribution in [2.24, 2.45) is 5.92 Å². The zero-order valence-corrected chi connectivity index (χ0v) is 18.0. The molecule has 1 saturated heterocycles. The Balaban J connectivity index is 1.63. The van der Waals surface area contributed by atoms with Crippen molar-refractivity contribution in [3.8, 4) is 11.5 Å². The van der Waals surface area contributed by atoms with Crippen molar-refractivity contribution in [3.63, 3.8) is 0 Å². The molecule has 0 radical (unpaired) electrons. The minimum atomic E-state index is -0.516. The van der Waals surface area contributed by atoms with Crippen LogP contribution in [0.2, 0.25) is 5.02 Å². The van der Waals surface area contributed by atoms with Gasteiger partial charge in [0.15, 0.2) is 11.5 Å². The first kappa shape index (κ1) is 21.6. The van der Waals surface area contributed by atoms with Crippen molar-refractivity contribution in [1.29, 1.82) is 0 Å². The normalized spacial score (nSPS) is 22.6. The summed E-state index contributed by atoms with van der Waals surface area (Å²) in [7, 11) is 0. The molecule has 1 amide bonds. The number of aliphatic hydroxyl groups excluding tert-OH is 2. The van der Waals surface area contributed by atoms with E-state index in [1.807, 2.05) is 0 Å². The summed E-state index contributed by atoms with van der Waals surface area (Å²) < 4.78 is 12.0. The van der Waals surface area contributed by atoms with Crippen molar-refractivity contribution in [1.82, 2.24) is 10.2 Å². The van der Waals surface area contributed by atoms with Gasteiger partial charge in [-0.15, -0.1) is 0 Å². The lowest BCUT2D eigenvalue weighted by molar-refractivity contribution is 0.0201. The minimum Gasteiger partial charge on any atom is -0.489 e. The van der Waals surface area contributed by atoms with Gasteiger partial charge in [0.1, 0.15) is 0 Å². The molecule has 0 spiro atoms. The number of carbonyl (C=O) groups excluding carboxylic acids is 1. The number of aliphatic hydroxyl groups is 2. The van der Waals surface area contributed by atoms with Gasteiger partial charge in [-0.05, 0) is 41.4 Å². The molecular formula is C19H26BrClN2O5. The molecule has 0 bridgehead atoms. The van der Waals surface area contributed by atoms with Gasteiger partial charge in [0.2, 0.25) is 0 Å². The number of hydrogen-bond acceptors (Lipinski definition) is 6. The monoisotopic (exact) mass is 476 g/mol. The third-order valence-electron chi connectivity index (χ3n) is 5.12. The quantitative estimate of drug-likeness (QED) is 0.581. The van der Waals surface area contributed by atoms with Crippen LogP contribution in [0.4, 0.5) is 0 Å². The number of carbonyl (C=O) groups is 1. The van der Waals surface area contributed by atoms with E-state index in [9.17, 15) is 9.90 Å². The number of amides is 1. The van der Waals surface area contributed by atoms with Crippen LogP contribution in [-0.4, -0.2) is 73.1 Å². The summed E-state index contributed by atoms with van der Waals surface area (Å²) in [5.74, 6) is 0.528. The summed E-state index contributed by atoms with van der Waals surface area (Å²) in [5, 5.41) is 22.6. The summed E-state index contributed by atoms with van der Waals surface area (Å²) in [6.45, 7) is 3.65. The standard InChI is InChI=1S/C19H26BrClN2O5/c20-16-14(21)9-13(17-18(16)28-8-2-7-27-17)19(26)22-10-12-3-5-23(4-1-6-24)11-15(12)25/h9,12,15,24-25H,1-8,10-11H2,(H,22,26). The number of halogens is 2. The Morgan fingerprint density at radius 2 is 2.11 bits per heavy atom. The molecule has 156 valence electrons. The summed E-state index contributed by atoms with van der Waals surface area (Å²) in [6, 6.07) is 1.57. The maximum atomic E-state index is 12.8. The lowest BCUT2D eigenvalue weighted by atomic mass is 9.93. The summed E-state index contributed by atoms with van der Waals surface area (Å²) in [6.07, 6.45) is 1.69. The van der Waals surface area contributed by atoms with E-state index in [1.54, 1.807) is 6.07 Å². The molecule has 0 aromatic heterocycles. The van der Waals surface area contributed by atoms with Crippen molar-refractivity contribution in [2.45, 2.75) is 25.4 Å². The highest BCUT2D eigenvalue weighted by Gasteiger charge is 2.29. The highest BCUT2D eigenvalue weighted by molar-refractivity contribution is 9.10. The molecule has 2 aliphatic heterocycles. The maximum Gasteiger partial charge on any atom is 0.255 e. The van der Waals surface area contributed by atoms with Crippen molar-refractivity contribution >= 4 is 33.4 Å². The number of benzene rings is 1. The van der Waals surface area contributed by atoms with Gasteiger partial charge in [-0.2, -0.15) is 0 Å². The van der Waals surface area contributed by atoms with E-state index < -0.39 is 6.10 Å². The van der Waals surface area contributed by atoms with E-state index >= 15 is 0 Å². The summed E-state index contributed by atoms with van der Waals surface area (Å²) in [4.78, 5) is 14.9. The molecule has 2 atom stereocenters. The number of piperidine rings is 1. The number of nitrogens with zero attached hydrogens (tertiary/aromatic N) is 1. The predicted molar refractivity (Wildman–Crippen MR) is 109 cm³/mol. The topological polar surface area (TPSA) is 91.3 Å². The molecule has 9 heteroatoms. The molecule has 0 saturated carbocycles. The molecule has 2 unspecified atom stereocenters. The van der Waals surface area contributed by atoms with E-state index in [-0.39, 0.29) is 18.4 Å². The maximum absolute atomic E-state index is 12.8. The lowest BCUT2D eigenvalue weighted by Gasteiger charge is -2.36. The number of nitrogens with one attached hydrogen (secondary N) is 1. The fraction of sp³-hybridized carbons (Fsp3) is 0.632. The van der Waals surface area contributed by atoms with Gasteiger partial charge in [0.25, 0.3) is 5.91 Å². The highest BCUT2D eigenvalue weighted by atomic mass is 79.9. The average Bonchev–Trinajstić information content (AvgIpc) is 2.94. The highest BCUT2D eigenvalue weighted by Crippen LogP contribution is 2.44. The molecule has 2 heterocycles. The Bertz CT molecular complexity index is 705. The van der Waals surface area contributed by atoms with Gasteiger partial charge in [0, 0.05) is 38.6 Å². The first-order chi connectivity index (χ1) is 13.5. The Morgan fingerprint density at radius 3 is 2.82 bits per heavy atom. The smallest absolute Gasteiger partial charge is 0.255 e. The number of fused-ring (bicyclic) bond motifs is 1. The molecule has 3 rings (SSSR count). The van der Waals surface area contributed by atoms with Crippen LogP contribution in [0.25, 0.3) is 0 Å². The fourth-order valence-corrected chi connectivity index (χ4v) is 4.14. The molecule has 2 aliphatic rings. The number of hydrogen-bond donors (Lipinski definition) is 3. The van der Waals surface area contributed by atoms with Crippen molar-refractivity contribution < 1.29 is 24.5 Å². The predicted octanol–water partition coefficient (Wildman–Crippen LogP) is 2.06. The molecule has 1 aromatic rings. The molecule has 3 N–H and O–H groups in total. The molecule has 28 heavy (non-hydrogen) atoms. The SMILES string of the molecule is O=C(NCC1CCN(CCCO)CC1O)c1cc(Cl)c(Br)c2c1OCCCO2. The van der Waals surface area contributed by atoms with Gasteiger partial charge >= 0.3 is 0 Å². The molecule has 1 aromatic carbocycles. The molecular weight excluding hydrogens is 452 g/mol. The Kier molecular flexibility index (Phi) is 7.82. The Hall–Kier alpha value is -1.06. The first-order valence-electron chi connectivity index (χ1n) is 9.58. The molecule has 0 aliphatic carbocycles. The van der Waals surface area contributed by atoms with E-state index in [0.717, 1.165) is 25.9 Å². The summed E-state index contributed by atoms with van der Waals surface area (Å²) >= 11 is 9.65. The first-order valence-corrected chi connectivity index (χ1v) is 10.8. The van der Waals surface area contributed by atoms with Gasteiger partial charge in [-0.3, -0.25) is 4.79 Å². The van der Waals surface area contributed by atoms with E-state index in [2.05, 4.69) is 26.1 Å². The Morgan fingerprint density at radius 1 is 1.36 bits per heavy atom. The third-order valence-corrected chi connectivity index (χ3v) is 6.43. The van der Waals surface area contributed by atoms with Crippen molar-refractivity contribution in [2.75, 3.05) is 46.0 Å². The largest absolute Gasteiger partial charge is 0.489 e. The Labute approximate surface area is 178 Å². The fourth-order valence-electron chi connectivity index (χ4n) is 3.53. The van der Waals surface area contributed by atoms with Crippen LogP contribution in [0, 0.1) is 5.92 Å². The van der Waals surface area contributed by atoms with E-state index in [0.29, 0.717) is 59.3 Å². The van der Waals surface area contributed by atoms with Gasteiger partial charge < -0.3 is 29.9 Å². The van der Waals surface area contributed by atoms with Crippen LogP contribution in [-0.2, 0) is 0 Å². The zero-order chi connectivity index (χ0) is 20.1. The van der Waals surface area contributed by atoms with Crippen LogP contribution < -0.4 is 14.8 Å². The second kappa shape index (κ2) is 10.1. The van der Waals surface area contributed by atoms with Gasteiger partial charge in [-0.1, -0.05) is 11.6 Å². The van der Waals surface area contributed by atoms with Crippen LogP contribution in [0.5, 0.6) is 11.5 Å².